The Morgan fingerprint density at radius 1 is 1.00 bits per heavy atom. The summed E-state index contributed by atoms with van der Waals surface area (Å²) in [5.74, 6) is 2.34. The highest BCUT2D eigenvalue weighted by Crippen LogP contribution is 2.38. The number of benzene rings is 2. The number of ether oxygens (including phenoxy) is 5. The second-order valence-electron chi connectivity index (χ2n) is 7.58. The van der Waals surface area contributed by atoms with Crippen LogP contribution in [0.15, 0.2) is 30.3 Å². The SMILES string of the molecule is COc1cc(CNC(=O)CCCN(c2ccc3c(c2)OCCO3)S(C)(=O)=O)cc(OC)c1OC. The molecule has 0 atom stereocenters. The Labute approximate surface area is 199 Å². The molecule has 1 N–H and O–H groups in total. The Morgan fingerprint density at radius 2 is 1.65 bits per heavy atom. The molecule has 3 rings (SSSR count). The summed E-state index contributed by atoms with van der Waals surface area (Å²) in [6, 6.07) is 8.51. The monoisotopic (exact) mass is 494 g/mol. The molecule has 0 aliphatic carbocycles. The van der Waals surface area contributed by atoms with Gasteiger partial charge in [0.1, 0.15) is 13.2 Å². The third-order valence-corrected chi connectivity index (χ3v) is 6.39. The van der Waals surface area contributed by atoms with Gasteiger partial charge >= 0.3 is 0 Å². The lowest BCUT2D eigenvalue weighted by molar-refractivity contribution is -0.121. The number of hydrogen-bond acceptors (Lipinski definition) is 8. The number of nitrogens with one attached hydrogen (secondary N) is 1. The van der Waals surface area contributed by atoms with Crippen LogP contribution in [0.5, 0.6) is 28.7 Å². The van der Waals surface area contributed by atoms with Crippen molar-refractivity contribution >= 4 is 21.6 Å². The van der Waals surface area contributed by atoms with Gasteiger partial charge in [-0.3, -0.25) is 9.10 Å². The molecule has 0 saturated heterocycles. The average Bonchev–Trinajstić information content (AvgIpc) is 2.83. The Balaban J connectivity index is 1.59. The topological polar surface area (TPSA) is 113 Å². The van der Waals surface area contributed by atoms with Gasteiger partial charge in [-0.25, -0.2) is 8.42 Å². The largest absolute Gasteiger partial charge is 0.493 e. The Morgan fingerprint density at radius 3 is 2.24 bits per heavy atom. The van der Waals surface area contributed by atoms with Gasteiger partial charge in [-0.2, -0.15) is 0 Å². The fourth-order valence-corrected chi connectivity index (χ4v) is 4.54. The molecule has 1 aliphatic heterocycles. The van der Waals surface area contributed by atoms with Crippen LogP contribution in [0.2, 0.25) is 0 Å². The van der Waals surface area contributed by atoms with Gasteiger partial charge in [-0.1, -0.05) is 0 Å². The number of hydrogen-bond donors (Lipinski definition) is 1. The number of carbonyl (C=O) groups is 1. The highest BCUT2D eigenvalue weighted by molar-refractivity contribution is 7.92. The number of sulfonamides is 1. The molecule has 2 aromatic rings. The smallest absolute Gasteiger partial charge is 0.232 e. The molecular formula is C23H30N2O8S. The summed E-state index contributed by atoms with van der Waals surface area (Å²) in [7, 11) is 1.01. The van der Waals surface area contributed by atoms with Gasteiger partial charge in [-0.15, -0.1) is 0 Å². The van der Waals surface area contributed by atoms with E-state index in [2.05, 4.69) is 5.32 Å². The van der Waals surface area contributed by atoms with E-state index in [1.165, 1.54) is 25.6 Å². The molecule has 11 heteroatoms. The van der Waals surface area contributed by atoms with Gasteiger partial charge in [0.15, 0.2) is 23.0 Å². The van der Waals surface area contributed by atoms with E-state index in [4.69, 9.17) is 23.7 Å². The van der Waals surface area contributed by atoms with Crippen LogP contribution < -0.4 is 33.3 Å². The summed E-state index contributed by atoms with van der Waals surface area (Å²) in [5.41, 5.74) is 1.24. The third-order valence-electron chi connectivity index (χ3n) is 5.19. The summed E-state index contributed by atoms with van der Waals surface area (Å²) < 4.78 is 53.0. The maximum absolute atomic E-state index is 12.4. The summed E-state index contributed by atoms with van der Waals surface area (Å²) in [6.45, 7) is 1.26. The van der Waals surface area contributed by atoms with E-state index >= 15 is 0 Å². The van der Waals surface area contributed by atoms with Crippen molar-refractivity contribution in [2.24, 2.45) is 0 Å². The van der Waals surface area contributed by atoms with E-state index in [1.807, 2.05) is 0 Å². The minimum absolute atomic E-state index is 0.149. The zero-order valence-electron chi connectivity index (χ0n) is 19.8. The lowest BCUT2D eigenvalue weighted by Crippen LogP contribution is -2.32. The molecule has 0 spiro atoms. The van der Waals surface area contributed by atoms with Gasteiger partial charge in [0, 0.05) is 25.6 Å². The van der Waals surface area contributed by atoms with Crippen molar-refractivity contribution in [3.63, 3.8) is 0 Å². The highest BCUT2D eigenvalue weighted by atomic mass is 32.2. The molecule has 10 nitrogen and oxygen atoms in total. The fourth-order valence-electron chi connectivity index (χ4n) is 3.58. The van der Waals surface area contributed by atoms with Crippen molar-refractivity contribution in [1.29, 1.82) is 0 Å². The summed E-state index contributed by atoms with van der Waals surface area (Å²) >= 11 is 0. The Kier molecular flexibility index (Phi) is 8.32. The number of fused-ring (bicyclic) bond motifs is 1. The van der Waals surface area contributed by atoms with Crippen LogP contribution >= 0.6 is 0 Å². The molecule has 34 heavy (non-hydrogen) atoms. The summed E-state index contributed by atoms with van der Waals surface area (Å²) in [4.78, 5) is 12.4. The Bertz CT molecular complexity index is 1090. The molecule has 0 bridgehead atoms. The predicted octanol–water partition coefficient (Wildman–Crippen LogP) is 2.35. The fraction of sp³-hybridized carbons (Fsp3) is 0.435. The minimum Gasteiger partial charge on any atom is -0.493 e. The van der Waals surface area contributed by atoms with Crippen LogP contribution in [-0.4, -0.2) is 61.7 Å². The number of amides is 1. The maximum Gasteiger partial charge on any atom is 0.232 e. The first kappa shape index (κ1) is 25.3. The summed E-state index contributed by atoms with van der Waals surface area (Å²) in [6.07, 6.45) is 1.62. The van der Waals surface area contributed by atoms with Crippen molar-refractivity contribution in [3.05, 3.63) is 35.9 Å². The maximum atomic E-state index is 12.4. The number of carbonyl (C=O) groups excluding carboxylic acids is 1. The molecule has 1 heterocycles. The van der Waals surface area contributed by atoms with Crippen LogP contribution in [-0.2, 0) is 21.4 Å². The second-order valence-corrected chi connectivity index (χ2v) is 9.48. The number of rotatable bonds is 11. The van der Waals surface area contributed by atoms with E-state index in [0.29, 0.717) is 54.1 Å². The Hall–Kier alpha value is -3.34. The molecule has 186 valence electrons. The molecular weight excluding hydrogens is 464 g/mol. The number of anilines is 1. The van der Waals surface area contributed by atoms with Gasteiger partial charge in [0.25, 0.3) is 0 Å². The second kappa shape index (κ2) is 11.2. The van der Waals surface area contributed by atoms with Crippen LogP contribution in [0.4, 0.5) is 5.69 Å². The van der Waals surface area contributed by atoms with E-state index in [-0.39, 0.29) is 25.4 Å². The van der Waals surface area contributed by atoms with Gasteiger partial charge < -0.3 is 29.0 Å². The molecule has 0 radical (unpaired) electrons. The van der Waals surface area contributed by atoms with Crippen LogP contribution in [0.3, 0.4) is 0 Å². The van der Waals surface area contributed by atoms with Gasteiger partial charge in [0.2, 0.25) is 21.7 Å². The van der Waals surface area contributed by atoms with E-state index in [9.17, 15) is 13.2 Å². The zero-order chi connectivity index (χ0) is 24.7. The quantitative estimate of drug-likeness (QED) is 0.507. The van der Waals surface area contributed by atoms with Crippen LogP contribution in [0, 0.1) is 0 Å². The predicted molar refractivity (Wildman–Crippen MR) is 127 cm³/mol. The third kappa shape index (κ3) is 6.16. The molecule has 0 aromatic heterocycles. The van der Waals surface area contributed by atoms with E-state index in [1.54, 1.807) is 30.3 Å². The summed E-state index contributed by atoms with van der Waals surface area (Å²) in [5, 5.41) is 2.84. The highest BCUT2D eigenvalue weighted by Gasteiger charge is 2.21. The molecule has 0 unspecified atom stereocenters. The number of methoxy groups -OCH3 is 3. The van der Waals surface area contributed by atoms with Crippen molar-refractivity contribution in [1.82, 2.24) is 5.32 Å². The van der Waals surface area contributed by atoms with Crippen molar-refractivity contribution < 1.29 is 36.9 Å². The lowest BCUT2D eigenvalue weighted by atomic mass is 10.1. The van der Waals surface area contributed by atoms with E-state index in [0.717, 1.165) is 11.8 Å². The standard InChI is InChI=1S/C23H30N2O8S/c1-29-20-12-16(13-21(30-2)23(20)31-3)15-24-22(26)6-5-9-25(34(4,27)28)17-7-8-18-19(14-17)33-11-10-32-18/h7-8,12-14H,5-6,9-11,15H2,1-4H3,(H,24,26). The van der Waals surface area contributed by atoms with Crippen molar-refractivity contribution in [2.75, 3.05) is 51.6 Å². The van der Waals surface area contributed by atoms with Crippen molar-refractivity contribution in [2.45, 2.75) is 19.4 Å². The number of nitrogens with zero attached hydrogens (tertiary/aromatic N) is 1. The first-order valence-electron chi connectivity index (χ1n) is 10.7. The van der Waals surface area contributed by atoms with Gasteiger partial charge in [0.05, 0.1) is 33.3 Å². The molecule has 0 saturated carbocycles. The molecule has 1 amide bonds. The zero-order valence-corrected chi connectivity index (χ0v) is 20.6. The average molecular weight is 495 g/mol. The van der Waals surface area contributed by atoms with Crippen LogP contribution in [0.25, 0.3) is 0 Å². The first-order valence-corrected chi connectivity index (χ1v) is 12.5. The normalized spacial score (nSPS) is 12.6. The van der Waals surface area contributed by atoms with Crippen LogP contribution in [0.1, 0.15) is 18.4 Å². The molecule has 0 fully saturated rings. The van der Waals surface area contributed by atoms with E-state index < -0.39 is 10.0 Å². The van der Waals surface area contributed by atoms with Crippen molar-refractivity contribution in [3.8, 4) is 28.7 Å². The first-order chi connectivity index (χ1) is 16.3. The minimum atomic E-state index is -3.55. The molecule has 2 aromatic carbocycles. The molecule has 1 aliphatic rings. The van der Waals surface area contributed by atoms with Gasteiger partial charge in [-0.05, 0) is 36.2 Å². The lowest BCUT2D eigenvalue weighted by Gasteiger charge is -2.25.